The molecule has 3 aliphatic heterocycles. The molecule has 0 radical (unpaired) electrons. The topological polar surface area (TPSA) is 186 Å². The minimum atomic E-state index is -2.10. The van der Waals surface area contributed by atoms with E-state index in [-0.39, 0.29) is 24.9 Å². The summed E-state index contributed by atoms with van der Waals surface area (Å²) in [7, 11) is 0. The number of primary amides is 1. The summed E-state index contributed by atoms with van der Waals surface area (Å²) in [5, 5.41) is 27.1. The fourth-order valence-corrected chi connectivity index (χ4v) is 3.84. The second-order valence-electron chi connectivity index (χ2n) is 6.01. The maximum Gasteiger partial charge on any atom is 0.404 e. The van der Waals surface area contributed by atoms with Crippen LogP contribution in [0.15, 0.2) is 0 Å². The molecule has 0 aliphatic carbocycles. The number of aliphatic hydroxyl groups is 2. The third-order valence-corrected chi connectivity index (χ3v) is 4.83. The average molecular weight is 315 g/mol. The Bertz CT molecular complexity index is 603. The van der Waals surface area contributed by atoms with Crippen LogP contribution in [0.25, 0.3) is 0 Å². The molecule has 0 aromatic carbocycles. The predicted molar refractivity (Wildman–Crippen MR) is 73.0 cm³/mol. The molecule has 3 aliphatic rings. The Morgan fingerprint density at radius 2 is 2.23 bits per heavy atom. The minimum absolute atomic E-state index is 0.0658. The first-order valence-electron chi connectivity index (χ1n) is 6.86. The first kappa shape index (κ1) is 14.7. The molecule has 1 spiro atoms. The smallest absolute Gasteiger partial charge is 0.404 e. The number of hydrogen-bond acceptors (Lipinski definition) is 8. The molecule has 0 saturated carbocycles. The molecular formula is C11H21N7O4+2. The maximum atomic E-state index is 10.9. The van der Waals surface area contributed by atoms with E-state index in [4.69, 9.17) is 21.9 Å². The van der Waals surface area contributed by atoms with Crippen molar-refractivity contribution in [2.45, 2.75) is 36.4 Å². The van der Waals surface area contributed by atoms with Crippen LogP contribution in [-0.4, -0.2) is 69.0 Å². The lowest BCUT2D eigenvalue weighted by atomic mass is 9.75. The van der Waals surface area contributed by atoms with Crippen LogP contribution in [0.5, 0.6) is 0 Å². The molecule has 0 aromatic heterocycles. The Hall–Kier alpha value is -2.27. The molecule has 0 aromatic rings. The van der Waals surface area contributed by atoms with Crippen LogP contribution in [0.3, 0.4) is 0 Å². The van der Waals surface area contributed by atoms with Crippen molar-refractivity contribution in [1.29, 1.82) is 0 Å². The molecule has 1 fully saturated rings. The van der Waals surface area contributed by atoms with Crippen molar-refractivity contribution in [3.8, 4) is 0 Å². The van der Waals surface area contributed by atoms with Gasteiger partial charge in [-0.2, -0.15) is 0 Å². The fraction of sp³-hybridized carbons (Fsp3) is 0.727. The number of carbonyl (C=O) groups is 1. The molecule has 22 heavy (non-hydrogen) atoms. The van der Waals surface area contributed by atoms with Crippen molar-refractivity contribution in [2.75, 3.05) is 13.2 Å². The van der Waals surface area contributed by atoms with Gasteiger partial charge in [0.15, 0.2) is 11.6 Å². The third-order valence-electron chi connectivity index (χ3n) is 4.83. The summed E-state index contributed by atoms with van der Waals surface area (Å²) in [5.41, 5.74) is 14.4. The number of guanidine groups is 2. The van der Waals surface area contributed by atoms with E-state index in [2.05, 4.69) is 15.6 Å². The van der Waals surface area contributed by atoms with E-state index in [0.717, 1.165) is 0 Å². The summed E-state index contributed by atoms with van der Waals surface area (Å²) >= 11 is 0. The van der Waals surface area contributed by atoms with Crippen LogP contribution < -0.4 is 32.8 Å². The first-order valence-corrected chi connectivity index (χ1v) is 6.86. The van der Waals surface area contributed by atoms with E-state index >= 15 is 0 Å². The SMILES string of the molecule is C[C@@]12NC(N)=[NH+]C13[N+](=C(N)N[C@H]2COC(N)=O)CCC3(O)O. The molecule has 3 atom stereocenters. The molecule has 1 saturated heterocycles. The first-order chi connectivity index (χ1) is 10.1. The van der Waals surface area contributed by atoms with Gasteiger partial charge in [-0.3, -0.25) is 22.1 Å². The van der Waals surface area contributed by atoms with Gasteiger partial charge in [0.1, 0.15) is 6.61 Å². The monoisotopic (exact) mass is 315 g/mol. The van der Waals surface area contributed by atoms with Crippen molar-refractivity contribution in [2.24, 2.45) is 17.2 Å². The fourth-order valence-electron chi connectivity index (χ4n) is 3.84. The van der Waals surface area contributed by atoms with Gasteiger partial charge in [0, 0.05) is 6.42 Å². The van der Waals surface area contributed by atoms with Crippen LogP contribution in [0.4, 0.5) is 4.79 Å². The zero-order valence-electron chi connectivity index (χ0n) is 12.1. The lowest BCUT2D eigenvalue weighted by molar-refractivity contribution is -0.827. The van der Waals surface area contributed by atoms with Gasteiger partial charge in [-0.05, 0) is 6.92 Å². The highest BCUT2D eigenvalue weighted by atomic mass is 16.5. The molecular weight excluding hydrogens is 294 g/mol. The largest absolute Gasteiger partial charge is 0.446 e. The van der Waals surface area contributed by atoms with Crippen LogP contribution >= 0.6 is 0 Å². The Morgan fingerprint density at radius 1 is 1.55 bits per heavy atom. The van der Waals surface area contributed by atoms with Crippen LogP contribution in [0.1, 0.15) is 13.3 Å². The molecule has 0 bridgehead atoms. The second-order valence-corrected chi connectivity index (χ2v) is 6.01. The van der Waals surface area contributed by atoms with Crippen LogP contribution in [0, 0.1) is 0 Å². The Kier molecular flexibility index (Phi) is 2.76. The van der Waals surface area contributed by atoms with Gasteiger partial charge in [-0.1, -0.05) is 0 Å². The maximum absolute atomic E-state index is 10.9. The summed E-state index contributed by atoms with van der Waals surface area (Å²) in [6.07, 6.45) is -0.870. The highest BCUT2D eigenvalue weighted by Gasteiger charge is 2.80. The Balaban J connectivity index is 2.12. The number of nitrogens with zero attached hydrogens (tertiary/aromatic N) is 1. The van der Waals surface area contributed by atoms with Crippen molar-refractivity contribution in [1.82, 2.24) is 10.6 Å². The number of nitrogens with one attached hydrogen (secondary N) is 3. The summed E-state index contributed by atoms with van der Waals surface area (Å²) in [6, 6.07) is -0.596. The quantitative estimate of drug-likeness (QED) is 0.183. The molecule has 122 valence electrons. The Morgan fingerprint density at radius 3 is 2.86 bits per heavy atom. The summed E-state index contributed by atoms with van der Waals surface area (Å²) < 4.78 is 6.47. The molecule has 1 unspecified atom stereocenters. The van der Waals surface area contributed by atoms with Gasteiger partial charge in [-0.25, -0.2) is 14.4 Å². The number of carbonyl (C=O) groups excluding carboxylic acids is 1. The molecule has 3 heterocycles. The Labute approximate surface area is 125 Å². The van der Waals surface area contributed by atoms with E-state index in [1.807, 2.05) is 0 Å². The van der Waals surface area contributed by atoms with E-state index in [0.29, 0.717) is 6.54 Å². The zero-order chi connectivity index (χ0) is 16.3. The predicted octanol–water partition coefficient (Wildman–Crippen LogP) is -6.08. The number of ether oxygens (including phenoxy) is 1. The summed E-state index contributed by atoms with van der Waals surface area (Å²) in [4.78, 5) is 13.8. The molecule has 1 amide bonds. The average Bonchev–Trinajstić information content (AvgIpc) is 2.82. The minimum Gasteiger partial charge on any atom is -0.446 e. The lowest BCUT2D eigenvalue weighted by Gasteiger charge is -2.46. The van der Waals surface area contributed by atoms with Crippen molar-refractivity contribution >= 4 is 18.0 Å². The third kappa shape index (κ3) is 1.54. The number of hydrogen-bond donors (Lipinski definition) is 8. The van der Waals surface area contributed by atoms with E-state index < -0.39 is 29.1 Å². The second kappa shape index (κ2) is 4.14. The van der Waals surface area contributed by atoms with Gasteiger partial charge >= 0.3 is 18.0 Å². The van der Waals surface area contributed by atoms with Gasteiger partial charge in [-0.15, -0.1) is 0 Å². The van der Waals surface area contributed by atoms with Crippen molar-refractivity contribution < 1.29 is 29.3 Å². The van der Waals surface area contributed by atoms with Crippen LogP contribution in [-0.2, 0) is 4.74 Å². The van der Waals surface area contributed by atoms with Crippen molar-refractivity contribution in [3.05, 3.63) is 0 Å². The molecule has 11 N–H and O–H groups in total. The summed E-state index contributed by atoms with van der Waals surface area (Å²) in [6.45, 7) is 1.92. The lowest BCUT2D eigenvalue weighted by Crippen LogP contribution is -3.01. The zero-order valence-corrected chi connectivity index (χ0v) is 12.1. The highest BCUT2D eigenvalue weighted by Crippen LogP contribution is 2.41. The number of rotatable bonds is 2. The number of nitrogens with two attached hydrogens (primary N) is 3. The molecule has 11 heteroatoms. The number of amides is 1. The van der Waals surface area contributed by atoms with Gasteiger partial charge in [0.05, 0.1) is 6.54 Å². The summed E-state index contributed by atoms with van der Waals surface area (Å²) in [5.74, 6) is -1.71. The molecule has 3 rings (SSSR count). The van der Waals surface area contributed by atoms with Crippen molar-refractivity contribution in [3.63, 3.8) is 0 Å². The van der Waals surface area contributed by atoms with E-state index in [9.17, 15) is 15.0 Å². The standard InChI is InChI=1S/C11H19N7O4/c1-9-5(4-22-8(14)19)15-7(13)18-3-2-10(20,21)11(9,18)17-6(12)16-9/h5,20-21H,2-4H2,1H3,(H7,12,13,14,15,16,17,19)/p+2/t5-,9-,11?/m0/s1. The normalized spacial score (nSPS) is 38.5. The van der Waals surface area contributed by atoms with Gasteiger partial charge in [0.2, 0.25) is 5.79 Å². The van der Waals surface area contributed by atoms with Crippen LogP contribution in [0.2, 0.25) is 0 Å². The highest BCUT2D eigenvalue weighted by molar-refractivity contribution is 5.78. The van der Waals surface area contributed by atoms with E-state index in [1.54, 1.807) is 11.5 Å². The van der Waals surface area contributed by atoms with Gasteiger partial charge in [0.25, 0.3) is 5.66 Å². The van der Waals surface area contributed by atoms with Gasteiger partial charge < -0.3 is 20.7 Å². The van der Waals surface area contributed by atoms with E-state index in [1.165, 1.54) is 0 Å². The molecule has 11 nitrogen and oxygen atoms in total.